The summed E-state index contributed by atoms with van der Waals surface area (Å²) in [5, 5.41) is 11.7. The zero-order valence-electron chi connectivity index (χ0n) is 17.0. The number of alkyl halides is 3. The predicted octanol–water partition coefficient (Wildman–Crippen LogP) is 4.85. The summed E-state index contributed by atoms with van der Waals surface area (Å²) in [6, 6.07) is 11.7. The van der Waals surface area contributed by atoms with E-state index in [4.69, 9.17) is 16.3 Å². The Balaban J connectivity index is 1.94. The number of nitrogens with zero attached hydrogens (tertiary/aromatic N) is 3. The third-order valence-electron chi connectivity index (χ3n) is 4.36. The van der Waals surface area contributed by atoms with Crippen molar-refractivity contribution in [3.05, 3.63) is 59.1 Å². The molecule has 0 bridgehead atoms. The molecule has 0 aliphatic carbocycles. The molecule has 11 heteroatoms. The summed E-state index contributed by atoms with van der Waals surface area (Å²) >= 11 is 7.37. The standard InChI is InChI=1S/C21H20ClF3N4O2S/c1-31-11-5-10-26-18(30)13-32-20-28-27-19(16-8-2-3-9-17(16)22)29(20)15-7-4-6-14(12-15)21(23,24)25/h2-4,6-9,12H,5,10-11,13H2,1H3,(H,26,30). The summed E-state index contributed by atoms with van der Waals surface area (Å²) in [5.41, 5.74) is -0.0849. The van der Waals surface area contributed by atoms with Gasteiger partial charge in [0, 0.05) is 25.8 Å². The Morgan fingerprint density at radius 1 is 1.19 bits per heavy atom. The highest BCUT2D eigenvalue weighted by molar-refractivity contribution is 7.99. The van der Waals surface area contributed by atoms with Crippen molar-refractivity contribution in [1.29, 1.82) is 0 Å². The van der Waals surface area contributed by atoms with E-state index in [0.29, 0.717) is 30.2 Å². The molecular weight excluding hydrogens is 465 g/mol. The van der Waals surface area contributed by atoms with Gasteiger partial charge in [-0.05, 0) is 36.8 Å². The first kappa shape index (κ1) is 24.1. The SMILES string of the molecule is COCCCNC(=O)CSc1nnc(-c2ccccc2Cl)n1-c1cccc(C(F)(F)F)c1. The molecule has 0 spiro atoms. The number of aromatic nitrogens is 3. The first-order valence-corrected chi connectivity index (χ1v) is 10.9. The largest absolute Gasteiger partial charge is 0.416 e. The van der Waals surface area contributed by atoms with E-state index in [0.717, 1.165) is 23.9 Å². The van der Waals surface area contributed by atoms with Crippen LogP contribution in [-0.2, 0) is 15.7 Å². The van der Waals surface area contributed by atoms with Crippen molar-refractivity contribution in [3.8, 4) is 17.1 Å². The molecule has 1 heterocycles. The summed E-state index contributed by atoms with van der Waals surface area (Å²) < 4.78 is 46.3. The quantitative estimate of drug-likeness (QED) is 0.347. The first-order chi connectivity index (χ1) is 15.3. The third-order valence-corrected chi connectivity index (χ3v) is 5.62. The predicted molar refractivity (Wildman–Crippen MR) is 117 cm³/mol. The molecule has 0 aliphatic rings. The number of amides is 1. The lowest BCUT2D eigenvalue weighted by Gasteiger charge is -2.13. The third kappa shape index (κ3) is 6.02. The summed E-state index contributed by atoms with van der Waals surface area (Å²) in [6.45, 7) is 0.983. The zero-order chi connectivity index (χ0) is 23.1. The van der Waals surface area contributed by atoms with E-state index >= 15 is 0 Å². The molecule has 2 aromatic carbocycles. The molecule has 1 aromatic heterocycles. The second kappa shape index (κ2) is 10.8. The van der Waals surface area contributed by atoms with Crippen LogP contribution < -0.4 is 5.32 Å². The highest BCUT2D eigenvalue weighted by Gasteiger charge is 2.31. The summed E-state index contributed by atoms with van der Waals surface area (Å²) in [7, 11) is 1.58. The van der Waals surface area contributed by atoms with Crippen LogP contribution in [0.1, 0.15) is 12.0 Å². The van der Waals surface area contributed by atoms with Crippen LogP contribution in [0, 0.1) is 0 Å². The van der Waals surface area contributed by atoms with Crippen LogP contribution in [0.2, 0.25) is 5.02 Å². The van der Waals surface area contributed by atoms with Crippen molar-refractivity contribution < 1.29 is 22.7 Å². The molecule has 3 aromatic rings. The minimum atomic E-state index is -4.51. The van der Waals surface area contributed by atoms with Gasteiger partial charge in [0.25, 0.3) is 0 Å². The number of rotatable bonds is 9. The van der Waals surface area contributed by atoms with E-state index in [1.807, 2.05) is 0 Å². The van der Waals surface area contributed by atoms with Crippen LogP contribution in [0.3, 0.4) is 0 Å². The highest BCUT2D eigenvalue weighted by atomic mass is 35.5. The molecule has 0 saturated heterocycles. The Labute approximate surface area is 192 Å². The van der Waals surface area contributed by atoms with Crippen LogP contribution in [0.5, 0.6) is 0 Å². The minimum absolute atomic E-state index is 0.0204. The molecular formula is C21H20ClF3N4O2S. The van der Waals surface area contributed by atoms with E-state index in [1.54, 1.807) is 31.4 Å². The van der Waals surface area contributed by atoms with Gasteiger partial charge in [0.05, 0.1) is 22.0 Å². The van der Waals surface area contributed by atoms with Crippen molar-refractivity contribution in [2.24, 2.45) is 0 Å². The van der Waals surface area contributed by atoms with E-state index in [9.17, 15) is 18.0 Å². The fourth-order valence-electron chi connectivity index (χ4n) is 2.86. The number of halogens is 4. The van der Waals surface area contributed by atoms with Gasteiger partial charge < -0.3 is 10.1 Å². The van der Waals surface area contributed by atoms with Crippen LogP contribution in [-0.4, -0.2) is 46.7 Å². The topological polar surface area (TPSA) is 69.0 Å². The van der Waals surface area contributed by atoms with E-state index in [2.05, 4.69) is 15.5 Å². The second-order valence-electron chi connectivity index (χ2n) is 6.65. The molecule has 0 radical (unpaired) electrons. The van der Waals surface area contributed by atoms with Crippen LogP contribution >= 0.6 is 23.4 Å². The lowest BCUT2D eigenvalue weighted by molar-refractivity contribution is -0.137. The number of hydrogen-bond donors (Lipinski definition) is 1. The second-order valence-corrected chi connectivity index (χ2v) is 8.00. The number of carbonyl (C=O) groups is 1. The molecule has 6 nitrogen and oxygen atoms in total. The summed E-state index contributed by atoms with van der Waals surface area (Å²) in [5.74, 6) is 0.0639. The monoisotopic (exact) mass is 484 g/mol. The van der Waals surface area contributed by atoms with Gasteiger partial charge in [-0.1, -0.05) is 41.6 Å². The summed E-state index contributed by atoms with van der Waals surface area (Å²) in [4.78, 5) is 12.1. The van der Waals surface area contributed by atoms with E-state index in [-0.39, 0.29) is 28.3 Å². The Morgan fingerprint density at radius 3 is 2.69 bits per heavy atom. The van der Waals surface area contributed by atoms with Crippen molar-refractivity contribution in [2.45, 2.75) is 17.8 Å². The normalized spacial score (nSPS) is 11.5. The van der Waals surface area contributed by atoms with Gasteiger partial charge >= 0.3 is 6.18 Å². The number of nitrogens with one attached hydrogen (secondary N) is 1. The Morgan fingerprint density at radius 2 is 1.97 bits per heavy atom. The Bertz CT molecular complexity index is 1080. The molecule has 0 aliphatic heterocycles. The number of ether oxygens (including phenoxy) is 1. The van der Waals surface area contributed by atoms with Gasteiger partial charge in [0.2, 0.25) is 5.91 Å². The maximum atomic E-state index is 13.3. The zero-order valence-corrected chi connectivity index (χ0v) is 18.6. The molecule has 1 N–H and O–H groups in total. The number of thioether (sulfide) groups is 1. The van der Waals surface area contributed by atoms with Crippen LogP contribution in [0.25, 0.3) is 17.1 Å². The fraction of sp³-hybridized carbons (Fsp3) is 0.286. The molecule has 1 amide bonds. The molecule has 3 rings (SSSR count). The van der Waals surface area contributed by atoms with Crippen molar-refractivity contribution >= 4 is 29.3 Å². The maximum absolute atomic E-state index is 13.3. The first-order valence-electron chi connectivity index (χ1n) is 9.57. The van der Waals surface area contributed by atoms with Gasteiger partial charge in [-0.3, -0.25) is 9.36 Å². The van der Waals surface area contributed by atoms with E-state index < -0.39 is 11.7 Å². The number of hydrogen-bond acceptors (Lipinski definition) is 5. The fourth-order valence-corrected chi connectivity index (χ4v) is 3.86. The van der Waals surface area contributed by atoms with Crippen molar-refractivity contribution in [3.63, 3.8) is 0 Å². The minimum Gasteiger partial charge on any atom is -0.385 e. The average molecular weight is 485 g/mol. The molecule has 0 fully saturated rings. The molecule has 170 valence electrons. The van der Waals surface area contributed by atoms with Crippen LogP contribution in [0.15, 0.2) is 53.7 Å². The Kier molecular flexibility index (Phi) is 8.16. The van der Waals surface area contributed by atoms with Gasteiger partial charge in [0.1, 0.15) is 0 Å². The van der Waals surface area contributed by atoms with Gasteiger partial charge in [-0.15, -0.1) is 10.2 Å². The average Bonchev–Trinajstić information content (AvgIpc) is 3.19. The van der Waals surface area contributed by atoms with Crippen molar-refractivity contribution in [1.82, 2.24) is 20.1 Å². The van der Waals surface area contributed by atoms with Gasteiger partial charge in [0.15, 0.2) is 11.0 Å². The van der Waals surface area contributed by atoms with Crippen molar-refractivity contribution in [2.75, 3.05) is 26.0 Å². The van der Waals surface area contributed by atoms with Gasteiger partial charge in [-0.2, -0.15) is 13.2 Å². The molecule has 0 atom stereocenters. The van der Waals surface area contributed by atoms with Gasteiger partial charge in [-0.25, -0.2) is 0 Å². The molecule has 0 saturated carbocycles. The number of methoxy groups -OCH3 is 1. The van der Waals surface area contributed by atoms with Crippen LogP contribution in [0.4, 0.5) is 13.2 Å². The smallest absolute Gasteiger partial charge is 0.385 e. The number of carbonyl (C=O) groups excluding carboxylic acids is 1. The maximum Gasteiger partial charge on any atom is 0.416 e. The lowest BCUT2D eigenvalue weighted by atomic mass is 10.1. The number of benzene rings is 2. The van der Waals surface area contributed by atoms with E-state index in [1.165, 1.54) is 16.7 Å². The molecule has 32 heavy (non-hydrogen) atoms. The molecule has 0 unspecified atom stereocenters. The highest BCUT2D eigenvalue weighted by Crippen LogP contribution is 2.34. The lowest BCUT2D eigenvalue weighted by Crippen LogP contribution is -2.26. The summed E-state index contributed by atoms with van der Waals surface area (Å²) in [6.07, 6.45) is -3.84. The Hall–Kier alpha value is -2.56.